The second-order valence-corrected chi connectivity index (χ2v) is 10.9. The molecule has 5 nitrogen and oxygen atoms in total. The summed E-state index contributed by atoms with van der Waals surface area (Å²) >= 11 is 3.33. The molecule has 4 saturated heterocycles. The van der Waals surface area contributed by atoms with Crippen molar-refractivity contribution in [3.05, 3.63) is 46.8 Å². The highest BCUT2D eigenvalue weighted by molar-refractivity contribution is 8.01. The Morgan fingerprint density at radius 2 is 2.07 bits per heavy atom. The Bertz CT molecular complexity index is 886. The summed E-state index contributed by atoms with van der Waals surface area (Å²) in [5.74, 6) is 0.702. The number of carbonyl (C=O) groups is 1. The minimum absolute atomic E-state index is 0.0769. The number of benzene rings is 1. The van der Waals surface area contributed by atoms with E-state index in [0.717, 1.165) is 22.2 Å². The quantitative estimate of drug-likeness (QED) is 0.737. The van der Waals surface area contributed by atoms with Gasteiger partial charge in [-0.2, -0.15) is 0 Å². The maximum atomic E-state index is 13.0. The number of piperidine rings is 3. The molecule has 6 rings (SSSR count). The van der Waals surface area contributed by atoms with E-state index in [-0.39, 0.29) is 18.0 Å². The lowest BCUT2D eigenvalue weighted by Gasteiger charge is -2.49. The normalized spacial score (nSPS) is 30.9. The summed E-state index contributed by atoms with van der Waals surface area (Å²) in [6, 6.07) is 13.5. The molecule has 2 bridgehead atoms. The maximum absolute atomic E-state index is 13.0. The third kappa shape index (κ3) is 4.18. The summed E-state index contributed by atoms with van der Waals surface area (Å²) in [6.07, 6.45) is 2.41. The molecule has 0 radical (unpaired) electrons. The molecule has 1 amide bonds. The van der Waals surface area contributed by atoms with Gasteiger partial charge in [-0.1, -0.05) is 30.0 Å². The summed E-state index contributed by atoms with van der Waals surface area (Å²) in [5, 5.41) is 6.90. The van der Waals surface area contributed by atoms with Gasteiger partial charge in [0.2, 0.25) is 0 Å². The number of hydrogen-bond donors (Lipinski definition) is 2. The first-order valence-electron chi connectivity index (χ1n) is 10.9. The van der Waals surface area contributed by atoms with Gasteiger partial charge in [0.1, 0.15) is 0 Å². The first kappa shape index (κ1) is 20.5. The van der Waals surface area contributed by atoms with Crippen molar-refractivity contribution >= 4 is 29.0 Å². The molecule has 4 aliphatic heterocycles. The number of fused-ring (bicyclic) bond motifs is 3. The molecule has 2 N–H and O–H groups in total. The summed E-state index contributed by atoms with van der Waals surface area (Å²) in [5.41, 5.74) is 1.27. The molecule has 7 heteroatoms. The van der Waals surface area contributed by atoms with Crippen LogP contribution in [0.4, 0.5) is 0 Å². The molecule has 1 aromatic carbocycles. The van der Waals surface area contributed by atoms with E-state index in [1.165, 1.54) is 36.4 Å². The van der Waals surface area contributed by atoms with Crippen molar-refractivity contribution < 1.29 is 9.53 Å². The fourth-order valence-electron chi connectivity index (χ4n) is 5.00. The second-order valence-electron chi connectivity index (χ2n) is 8.45. The zero-order chi connectivity index (χ0) is 20.5. The van der Waals surface area contributed by atoms with Crippen molar-refractivity contribution in [1.82, 2.24) is 15.5 Å². The van der Waals surface area contributed by atoms with Crippen molar-refractivity contribution in [3.63, 3.8) is 0 Å². The molecule has 1 unspecified atom stereocenters. The summed E-state index contributed by atoms with van der Waals surface area (Å²) in [7, 11) is 0. The molecule has 2 aromatic rings. The fourth-order valence-corrected chi connectivity index (χ4v) is 7.17. The number of morpholine rings is 1. The number of ether oxygens (including phenoxy) is 1. The van der Waals surface area contributed by atoms with Gasteiger partial charge in [0, 0.05) is 23.5 Å². The lowest BCUT2D eigenvalue weighted by atomic mass is 9.79. The van der Waals surface area contributed by atoms with Gasteiger partial charge >= 0.3 is 0 Å². The van der Waals surface area contributed by atoms with E-state index in [1.54, 1.807) is 23.1 Å². The van der Waals surface area contributed by atoms with Crippen LogP contribution in [0.15, 0.2) is 45.5 Å². The van der Waals surface area contributed by atoms with Crippen molar-refractivity contribution in [2.24, 2.45) is 5.92 Å². The van der Waals surface area contributed by atoms with E-state index >= 15 is 0 Å². The zero-order valence-corrected chi connectivity index (χ0v) is 18.9. The van der Waals surface area contributed by atoms with Crippen molar-refractivity contribution in [1.29, 1.82) is 0 Å². The average molecular weight is 444 g/mol. The van der Waals surface area contributed by atoms with Crippen LogP contribution in [0.3, 0.4) is 0 Å². The molecule has 0 saturated carbocycles. The predicted molar refractivity (Wildman–Crippen MR) is 121 cm³/mol. The maximum Gasteiger partial charge on any atom is 0.261 e. The number of nitrogens with zero attached hydrogens (tertiary/aromatic N) is 1. The standard InChI is InChI=1S/C23H29N3O2S2/c1-15-22(16-8-11-26(15)12-9-16)25-23(27)20-6-7-21(30-20)29-19-5-3-2-4-17(19)18-14-28-13-10-24-18/h2-7,15-16,18,22,24H,8-14H2,1H3,(H,25,27)/t15-,18?,22+/m1/s1. The number of rotatable bonds is 5. The molecule has 3 atom stereocenters. The lowest BCUT2D eigenvalue weighted by molar-refractivity contribution is 0.0218. The number of thiophene rings is 1. The Balaban J connectivity index is 1.27. The molecule has 30 heavy (non-hydrogen) atoms. The number of hydrogen-bond acceptors (Lipinski definition) is 6. The lowest BCUT2D eigenvalue weighted by Crippen LogP contribution is -2.62. The van der Waals surface area contributed by atoms with E-state index in [2.05, 4.69) is 52.8 Å². The van der Waals surface area contributed by atoms with Gasteiger partial charge in [0.25, 0.3) is 5.91 Å². The number of amides is 1. The molecule has 0 aliphatic carbocycles. The second kappa shape index (κ2) is 9.01. The van der Waals surface area contributed by atoms with Crippen LogP contribution in [0.2, 0.25) is 0 Å². The van der Waals surface area contributed by atoms with Crippen LogP contribution in [0.25, 0.3) is 0 Å². The summed E-state index contributed by atoms with van der Waals surface area (Å²) < 4.78 is 6.80. The minimum atomic E-state index is 0.0769. The van der Waals surface area contributed by atoms with Crippen molar-refractivity contribution in [3.8, 4) is 0 Å². The van der Waals surface area contributed by atoms with Gasteiger partial charge in [-0.25, -0.2) is 0 Å². The molecular weight excluding hydrogens is 414 g/mol. The summed E-state index contributed by atoms with van der Waals surface area (Å²) in [4.78, 5) is 17.5. The highest BCUT2D eigenvalue weighted by Gasteiger charge is 2.40. The van der Waals surface area contributed by atoms with Crippen LogP contribution in [0.5, 0.6) is 0 Å². The minimum Gasteiger partial charge on any atom is -0.378 e. The monoisotopic (exact) mass is 443 g/mol. The van der Waals surface area contributed by atoms with E-state index in [1.807, 2.05) is 6.07 Å². The molecule has 4 aliphatic rings. The largest absolute Gasteiger partial charge is 0.378 e. The Hall–Kier alpha value is -1.38. The topological polar surface area (TPSA) is 53.6 Å². The third-order valence-electron chi connectivity index (χ3n) is 6.71. The predicted octanol–water partition coefficient (Wildman–Crippen LogP) is 3.77. The third-order valence-corrected chi connectivity index (χ3v) is 9.01. The Labute approximate surface area is 186 Å². The van der Waals surface area contributed by atoms with Crippen LogP contribution in [0, 0.1) is 5.92 Å². The highest BCUT2D eigenvalue weighted by atomic mass is 32.2. The van der Waals surface area contributed by atoms with E-state index < -0.39 is 0 Å². The van der Waals surface area contributed by atoms with E-state index in [0.29, 0.717) is 18.6 Å². The Kier molecular flexibility index (Phi) is 6.16. The van der Waals surface area contributed by atoms with Crippen LogP contribution in [-0.4, -0.2) is 55.7 Å². The number of carbonyl (C=O) groups excluding carboxylic acids is 1. The van der Waals surface area contributed by atoms with Crippen molar-refractivity contribution in [2.75, 3.05) is 32.8 Å². The van der Waals surface area contributed by atoms with Gasteiger partial charge in [-0.3, -0.25) is 9.69 Å². The smallest absolute Gasteiger partial charge is 0.261 e. The summed E-state index contributed by atoms with van der Waals surface area (Å²) in [6.45, 7) is 6.97. The molecule has 4 fully saturated rings. The zero-order valence-electron chi connectivity index (χ0n) is 17.3. The molecular formula is C23H29N3O2S2. The number of nitrogens with one attached hydrogen (secondary N) is 2. The van der Waals surface area contributed by atoms with Gasteiger partial charge < -0.3 is 15.4 Å². The van der Waals surface area contributed by atoms with Gasteiger partial charge in [0.05, 0.1) is 28.3 Å². The Morgan fingerprint density at radius 1 is 1.23 bits per heavy atom. The average Bonchev–Trinajstić information content (AvgIpc) is 3.26. The first-order valence-corrected chi connectivity index (χ1v) is 12.5. The first-order chi connectivity index (χ1) is 14.7. The SMILES string of the molecule is C[C@@H]1[C@H](NC(=O)c2ccc(Sc3ccccc3C3COCCN3)s2)C2CCN1CC2. The molecule has 5 heterocycles. The van der Waals surface area contributed by atoms with Crippen LogP contribution < -0.4 is 10.6 Å². The van der Waals surface area contributed by atoms with Gasteiger partial charge in [-0.05, 0) is 62.5 Å². The Morgan fingerprint density at radius 3 is 2.83 bits per heavy atom. The van der Waals surface area contributed by atoms with Crippen LogP contribution in [-0.2, 0) is 4.74 Å². The highest BCUT2D eigenvalue weighted by Crippen LogP contribution is 2.38. The van der Waals surface area contributed by atoms with E-state index in [4.69, 9.17) is 4.74 Å². The molecule has 0 spiro atoms. The fraction of sp³-hybridized carbons (Fsp3) is 0.522. The van der Waals surface area contributed by atoms with E-state index in [9.17, 15) is 4.79 Å². The molecule has 160 valence electrons. The van der Waals surface area contributed by atoms with Gasteiger partial charge in [0.15, 0.2) is 0 Å². The van der Waals surface area contributed by atoms with Crippen molar-refractivity contribution in [2.45, 2.75) is 47.0 Å². The van der Waals surface area contributed by atoms with Crippen LogP contribution >= 0.6 is 23.1 Å². The van der Waals surface area contributed by atoms with Gasteiger partial charge in [-0.15, -0.1) is 11.3 Å². The van der Waals surface area contributed by atoms with Crippen LogP contribution in [0.1, 0.15) is 41.0 Å². The molecule has 1 aromatic heterocycles.